The van der Waals surface area contributed by atoms with E-state index in [1.54, 1.807) is 11.0 Å². The van der Waals surface area contributed by atoms with Crippen LogP contribution in [0.15, 0.2) is 30.9 Å². The molecule has 2 fully saturated rings. The van der Waals surface area contributed by atoms with Crippen LogP contribution in [0.5, 0.6) is 0 Å². The van der Waals surface area contributed by atoms with Gasteiger partial charge in [-0.25, -0.2) is 4.98 Å². The lowest BCUT2D eigenvalue weighted by molar-refractivity contribution is -0.127. The highest BCUT2D eigenvalue weighted by molar-refractivity contribution is 5.78. The molecular weight excluding hydrogens is 378 g/mol. The van der Waals surface area contributed by atoms with Gasteiger partial charge < -0.3 is 5.32 Å². The van der Waals surface area contributed by atoms with E-state index in [0.717, 1.165) is 51.4 Å². The zero-order valence-corrected chi connectivity index (χ0v) is 17.9. The molecule has 2 aliphatic rings. The van der Waals surface area contributed by atoms with Crippen LogP contribution < -0.4 is 5.32 Å². The highest BCUT2D eigenvalue weighted by Gasteiger charge is 2.31. The molecule has 8 heteroatoms. The molecule has 1 atom stereocenters. The normalized spacial score (nSPS) is 21.6. The third-order valence-corrected chi connectivity index (χ3v) is 6.48. The number of nitrogens with one attached hydrogen (secondary N) is 1. The number of aromatic nitrogens is 4. The van der Waals surface area contributed by atoms with Crippen LogP contribution in [0.4, 0.5) is 0 Å². The van der Waals surface area contributed by atoms with Crippen molar-refractivity contribution in [1.82, 2.24) is 34.9 Å². The van der Waals surface area contributed by atoms with Crippen LogP contribution in [0.1, 0.15) is 37.1 Å². The lowest BCUT2D eigenvalue weighted by Crippen LogP contribution is -2.50. The summed E-state index contributed by atoms with van der Waals surface area (Å²) in [6.07, 6.45) is 10.5. The molecule has 1 amide bonds. The Morgan fingerprint density at radius 1 is 1.23 bits per heavy atom. The number of carbonyl (C=O) groups excluding carboxylic acids is 1. The van der Waals surface area contributed by atoms with Crippen molar-refractivity contribution < 1.29 is 4.79 Å². The van der Waals surface area contributed by atoms with Crippen molar-refractivity contribution in [3.63, 3.8) is 0 Å². The predicted octanol–water partition coefficient (Wildman–Crippen LogP) is 1.25. The number of nitrogens with zero attached hydrogens (tertiary/aromatic N) is 6. The van der Waals surface area contributed by atoms with E-state index in [1.165, 1.54) is 18.4 Å². The van der Waals surface area contributed by atoms with Crippen LogP contribution in [0.3, 0.4) is 0 Å². The number of rotatable bonds is 7. The Morgan fingerprint density at radius 3 is 2.83 bits per heavy atom. The Morgan fingerprint density at radius 2 is 2.10 bits per heavy atom. The molecule has 162 valence electrons. The maximum absolute atomic E-state index is 12.7. The van der Waals surface area contributed by atoms with Gasteiger partial charge in [0.15, 0.2) is 0 Å². The highest BCUT2D eigenvalue weighted by Crippen LogP contribution is 2.24. The fraction of sp³-hybridized carbons (Fsp3) is 0.636. The Hall–Kier alpha value is -2.32. The van der Waals surface area contributed by atoms with Crippen molar-refractivity contribution >= 4 is 5.91 Å². The third-order valence-electron chi connectivity index (χ3n) is 6.48. The van der Waals surface area contributed by atoms with Gasteiger partial charge in [-0.15, -0.1) is 0 Å². The van der Waals surface area contributed by atoms with Gasteiger partial charge in [0.25, 0.3) is 0 Å². The first-order chi connectivity index (χ1) is 14.7. The van der Waals surface area contributed by atoms with Crippen molar-refractivity contribution in [2.75, 3.05) is 32.7 Å². The van der Waals surface area contributed by atoms with Crippen molar-refractivity contribution in [1.29, 1.82) is 0 Å². The number of carbonyl (C=O) groups is 1. The third kappa shape index (κ3) is 5.43. The minimum absolute atomic E-state index is 0.103. The minimum atomic E-state index is 0.103. The van der Waals surface area contributed by atoms with Crippen LogP contribution in [0, 0.1) is 5.92 Å². The van der Waals surface area contributed by atoms with Crippen LogP contribution in [-0.2, 0) is 24.8 Å². The van der Waals surface area contributed by atoms with Gasteiger partial charge in [-0.1, -0.05) is 6.07 Å². The summed E-state index contributed by atoms with van der Waals surface area (Å²) in [7, 11) is 1.88. The van der Waals surface area contributed by atoms with E-state index in [9.17, 15) is 4.79 Å². The first-order valence-corrected chi connectivity index (χ1v) is 11.1. The summed E-state index contributed by atoms with van der Waals surface area (Å²) in [4.78, 5) is 26.2. The zero-order chi connectivity index (χ0) is 20.8. The highest BCUT2D eigenvalue weighted by atomic mass is 16.1. The molecule has 0 saturated carbocycles. The lowest BCUT2D eigenvalue weighted by Gasteiger charge is -2.42. The van der Waals surface area contributed by atoms with E-state index in [4.69, 9.17) is 0 Å². The van der Waals surface area contributed by atoms with Gasteiger partial charge in [0.2, 0.25) is 5.91 Å². The van der Waals surface area contributed by atoms with E-state index in [2.05, 4.69) is 36.2 Å². The second-order valence-corrected chi connectivity index (χ2v) is 8.54. The molecular formula is C22H33N7O. The summed E-state index contributed by atoms with van der Waals surface area (Å²) in [6, 6.07) is 4.76. The Kier molecular flexibility index (Phi) is 7.07. The summed E-state index contributed by atoms with van der Waals surface area (Å²) >= 11 is 0. The number of likely N-dealkylation sites (tertiary alicyclic amines) is 2. The van der Waals surface area contributed by atoms with E-state index >= 15 is 0 Å². The van der Waals surface area contributed by atoms with E-state index in [-0.39, 0.29) is 11.8 Å². The fourth-order valence-corrected chi connectivity index (χ4v) is 4.73. The van der Waals surface area contributed by atoms with Gasteiger partial charge in [-0.2, -0.15) is 5.10 Å². The SMILES string of the molecule is Cn1ncnc1CCNC(=O)[C@@H]1CCCN(C2CCN(Cc3cccnc3)CC2)C1. The molecule has 2 saturated heterocycles. The summed E-state index contributed by atoms with van der Waals surface area (Å²) in [5.41, 5.74) is 1.28. The van der Waals surface area contributed by atoms with Crippen molar-refractivity contribution in [3.8, 4) is 0 Å². The smallest absolute Gasteiger partial charge is 0.224 e. The molecule has 0 spiro atoms. The predicted molar refractivity (Wildman–Crippen MR) is 115 cm³/mol. The van der Waals surface area contributed by atoms with E-state index in [1.807, 2.05) is 25.5 Å². The van der Waals surface area contributed by atoms with Crippen LogP contribution in [0.25, 0.3) is 0 Å². The van der Waals surface area contributed by atoms with Gasteiger partial charge in [0.05, 0.1) is 5.92 Å². The number of hydrogen-bond donors (Lipinski definition) is 1. The van der Waals surface area contributed by atoms with Crippen LogP contribution in [0.2, 0.25) is 0 Å². The maximum Gasteiger partial charge on any atom is 0.224 e. The molecule has 2 aromatic rings. The standard InChI is InChI=1S/C22H33N7O/c1-27-21(25-17-26-27)6-10-24-22(30)19-5-3-11-29(16-19)20-7-12-28(13-8-20)15-18-4-2-9-23-14-18/h2,4,9,14,17,19-20H,3,5-8,10-13,15-16H2,1H3,(H,24,30)/t19-/m1/s1. The Bertz CT molecular complexity index is 801. The van der Waals surface area contributed by atoms with Gasteiger partial charge >= 0.3 is 0 Å². The molecule has 8 nitrogen and oxygen atoms in total. The number of pyridine rings is 1. The molecule has 0 aliphatic carbocycles. The molecule has 1 N–H and O–H groups in total. The second-order valence-electron chi connectivity index (χ2n) is 8.54. The monoisotopic (exact) mass is 411 g/mol. The zero-order valence-electron chi connectivity index (χ0n) is 17.9. The summed E-state index contributed by atoms with van der Waals surface area (Å²) < 4.78 is 1.76. The largest absolute Gasteiger partial charge is 0.355 e. The summed E-state index contributed by atoms with van der Waals surface area (Å²) in [5.74, 6) is 1.20. The van der Waals surface area contributed by atoms with E-state index < -0.39 is 0 Å². The lowest BCUT2D eigenvalue weighted by atomic mass is 9.93. The Balaban J connectivity index is 1.20. The van der Waals surface area contributed by atoms with Gasteiger partial charge in [0.1, 0.15) is 12.2 Å². The number of amides is 1. The van der Waals surface area contributed by atoms with Crippen molar-refractivity contribution in [2.24, 2.45) is 13.0 Å². The van der Waals surface area contributed by atoms with Crippen LogP contribution in [-0.4, -0.2) is 74.2 Å². The first-order valence-electron chi connectivity index (χ1n) is 11.1. The van der Waals surface area contributed by atoms with Crippen LogP contribution >= 0.6 is 0 Å². The van der Waals surface area contributed by atoms with E-state index in [0.29, 0.717) is 19.0 Å². The van der Waals surface area contributed by atoms with Gasteiger partial charge in [-0.05, 0) is 56.9 Å². The second kappa shape index (κ2) is 10.1. The van der Waals surface area contributed by atoms with Gasteiger partial charge in [0, 0.05) is 51.5 Å². The van der Waals surface area contributed by atoms with Crippen molar-refractivity contribution in [2.45, 2.75) is 44.7 Å². The minimum Gasteiger partial charge on any atom is -0.355 e. The topological polar surface area (TPSA) is 79.2 Å². The van der Waals surface area contributed by atoms with Gasteiger partial charge in [-0.3, -0.25) is 24.3 Å². The Labute approximate surface area is 178 Å². The number of aryl methyl sites for hydroxylation is 1. The molecule has 0 bridgehead atoms. The maximum atomic E-state index is 12.7. The molecule has 2 aromatic heterocycles. The summed E-state index contributed by atoms with van der Waals surface area (Å²) in [5, 5.41) is 7.19. The van der Waals surface area contributed by atoms with Crippen molar-refractivity contribution in [3.05, 3.63) is 42.2 Å². The quantitative estimate of drug-likeness (QED) is 0.739. The molecule has 2 aliphatic heterocycles. The molecule has 30 heavy (non-hydrogen) atoms. The molecule has 0 radical (unpaired) electrons. The molecule has 0 aromatic carbocycles. The average molecular weight is 412 g/mol. The molecule has 0 unspecified atom stereocenters. The number of hydrogen-bond acceptors (Lipinski definition) is 6. The first kappa shape index (κ1) is 20.9. The average Bonchev–Trinajstić information content (AvgIpc) is 3.20. The molecule has 4 heterocycles. The summed E-state index contributed by atoms with van der Waals surface area (Å²) in [6.45, 7) is 5.85. The fourth-order valence-electron chi connectivity index (χ4n) is 4.73. The number of piperidine rings is 2. The molecule has 4 rings (SSSR count).